The van der Waals surface area contributed by atoms with E-state index in [0.29, 0.717) is 55.7 Å². The second-order valence-corrected chi connectivity index (χ2v) is 7.46. The van der Waals surface area contributed by atoms with Crippen molar-refractivity contribution in [3.63, 3.8) is 0 Å². The molecular formula is C26H24FNO5. The van der Waals surface area contributed by atoms with Crippen LogP contribution in [0, 0.1) is 5.82 Å². The zero-order chi connectivity index (χ0) is 23.2. The molecule has 2 aromatic carbocycles. The highest BCUT2D eigenvalue weighted by atomic mass is 19.1. The molecule has 7 heteroatoms. The first-order chi connectivity index (χ1) is 16.0. The van der Waals surface area contributed by atoms with E-state index in [1.807, 2.05) is 4.90 Å². The Balaban J connectivity index is 1.42. The van der Waals surface area contributed by atoms with Gasteiger partial charge in [0.15, 0.2) is 5.78 Å². The number of morpholine rings is 1. The second kappa shape index (κ2) is 10.3. The van der Waals surface area contributed by atoms with Crippen LogP contribution in [0.4, 0.5) is 10.1 Å². The van der Waals surface area contributed by atoms with Gasteiger partial charge < -0.3 is 18.8 Å². The van der Waals surface area contributed by atoms with Crippen molar-refractivity contribution in [2.75, 3.05) is 37.8 Å². The average molecular weight is 449 g/mol. The summed E-state index contributed by atoms with van der Waals surface area (Å²) in [4.78, 5) is 26.2. The molecule has 0 aliphatic carbocycles. The van der Waals surface area contributed by atoms with Crippen molar-refractivity contribution >= 4 is 23.5 Å². The first-order valence-electron chi connectivity index (χ1n) is 10.8. The molecule has 170 valence electrons. The summed E-state index contributed by atoms with van der Waals surface area (Å²) in [6.45, 7) is 4.43. The molecule has 1 aromatic heterocycles. The van der Waals surface area contributed by atoms with Crippen LogP contribution in [0.2, 0.25) is 0 Å². The monoisotopic (exact) mass is 449 g/mol. The van der Waals surface area contributed by atoms with Gasteiger partial charge in [0.25, 0.3) is 0 Å². The van der Waals surface area contributed by atoms with Gasteiger partial charge in [-0.1, -0.05) is 12.1 Å². The minimum Gasteiger partial charge on any atom is -0.462 e. The lowest BCUT2D eigenvalue weighted by molar-refractivity contribution is 0.0526. The van der Waals surface area contributed by atoms with Gasteiger partial charge in [-0.25, -0.2) is 9.18 Å². The predicted molar refractivity (Wildman–Crippen MR) is 123 cm³/mol. The predicted octanol–water partition coefficient (Wildman–Crippen LogP) is 5.00. The SMILES string of the molecule is CCOC(=O)c1ccc(-c2ccc(C=CC(=O)c3ccc(N4CCOCC4)c(F)c3)o2)cc1. The van der Waals surface area contributed by atoms with Gasteiger partial charge in [0.1, 0.15) is 17.3 Å². The van der Waals surface area contributed by atoms with Gasteiger partial charge in [-0.2, -0.15) is 0 Å². The van der Waals surface area contributed by atoms with E-state index in [0.717, 1.165) is 5.56 Å². The summed E-state index contributed by atoms with van der Waals surface area (Å²) in [6.07, 6.45) is 2.91. The maximum atomic E-state index is 14.6. The van der Waals surface area contributed by atoms with E-state index in [1.165, 1.54) is 12.1 Å². The standard InChI is InChI=1S/C26H24FNO5/c1-2-32-26(30)19-5-3-18(4-6-19)25-12-9-21(33-25)8-11-24(29)20-7-10-23(22(27)17-20)28-13-15-31-16-14-28/h3-12,17H,2,13-16H2,1H3. The molecule has 0 amide bonds. The van der Waals surface area contributed by atoms with E-state index < -0.39 is 5.82 Å². The van der Waals surface area contributed by atoms with E-state index in [2.05, 4.69) is 0 Å². The van der Waals surface area contributed by atoms with Crippen molar-refractivity contribution in [1.82, 2.24) is 0 Å². The third-order valence-corrected chi connectivity index (χ3v) is 5.29. The highest BCUT2D eigenvalue weighted by molar-refractivity contribution is 6.06. The Hall–Kier alpha value is -3.71. The summed E-state index contributed by atoms with van der Waals surface area (Å²) < 4.78 is 30.6. The van der Waals surface area contributed by atoms with E-state index in [1.54, 1.807) is 61.5 Å². The topological polar surface area (TPSA) is 69.0 Å². The van der Waals surface area contributed by atoms with Crippen LogP contribution >= 0.6 is 0 Å². The fraction of sp³-hybridized carbons (Fsp3) is 0.231. The number of allylic oxidation sites excluding steroid dienone is 1. The van der Waals surface area contributed by atoms with Gasteiger partial charge in [-0.3, -0.25) is 4.79 Å². The van der Waals surface area contributed by atoms with Crippen LogP contribution in [0.25, 0.3) is 17.4 Å². The van der Waals surface area contributed by atoms with Gasteiger partial charge in [-0.15, -0.1) is 0 Å². The van der Waals surface area contributed by atoms with E-state index >= 15 is 0 Å². The number of hydrogen-bond acceptors (Lipinski definition) is 6. The summed E-state index contributed by atoms with van der Waals surface area (Å²) in [5.74, 6) is -0.0430. The van der Waals surface area contributed by atoms with E-state index in [9.17, 15) is 14.0 Å². The molecule has 0 saturated carbocycles. The minimum absolute atomic E-state index is 0.266. The number of hydrogen-bond donors (Lipinski definition) is 0. The molecule has 33 heavy (non-hydrogen) atoms. The van der Waals surface area contributed by atoms with E-state index in [-0.39, 0.29) is 17.3 Å². The largest absolute Gasteiger partial charge is 0.462 e. The lowest BCUT2D eigenvalue weighted by atomic mass is 10.1. The number of halogens is 1. The first kappa shape index (κ1) is 22.5. The van der Waals surface area contributed by atoms with Crippen molar-refractivity contribution < 1.29 is 27.9 Å². The Morgan fingerprint density at radius 1 is 1.03 bits per heavy atom. The highest BCUT2D eigenvalue weighted by Crippen LogP contribution is 2.25. The van der Waals surface area contributed by atoms with E-state index in [4.69, 9.17) is 13.9 Å². The van der Waals surface area contributed by atoms with Crippen LogP contribution in [0.1, 0.15) is 33.4 Å². The van der Waals surface area contributed by atoms with Crippen molar-refractivity contribution in [3.05, 3.63) is 83.4 Å². The molecule has 1 aliphatic rings. The number of ether oxygens (including phenoxy) is 2. The molecule has 0 radical (unpaired) electrons. The van der Waals surface area contributed by atoms with Crippen molar-refractivity contribution in [3.8, 4) is 11.3 Å². The molecule has 3 aromatic rings. The lowest BCUT2D eigenvalue weighted by Crippen LogP contribution is -2.36. The molecule has 1 aliphatic heterocycles. The number of esters is 1. The van der Waals surface area contributed by atoms with Gasteiger partial charge in [0.2, 0.25) is 0 Å². The zero-order valence-electron chi connectivity index (χ0n) is 18.3. The van der Waals surface area contributed by atoms with Crippen LogP contribution in [0.15, 0.2) is 65.1 Å². The molecular weight excluding hydrogens is 425 g/mol. The number of benzene rings is 2. The summed E-state index contributed by atoms with van der Waals surface area (Å²) in [7, 11) is 0. The molecule has 0 bridgehead atoms. The molecule has 0 unspecified atom stereocenters. The van der Waals surface area contributed by atoms with Crippen molar-refractivity contribution in [1.29, 1.82) is 0 Å². The van der Waals surface area contributed by atoms with Crippen LogP contribution in [0.5, 0.6) is 0 Å². The number of carbonyl (C=O) groups excluding carboxylic acids is 2. The fourth-order valence-electron chi connectivity index (χ4n) is 3.56. The van der Waals surface area contributed by atoms with Gasteiger partial charge >= 0.3 is 5.97 Å². The van der Waals surface area contributed by atoms with Gasteiger partial charge in [-0.05, 0) is 61.5 Å². The molecule has 4 rings (SSSR count). The number of ketones is 1. The Bertz CT molecular complexity index is 1160. The highest BCUT2D eigenvalue weighted by Gasteiger charge is 2.16. The molecule has 6 nitrogen and oxygen atoms in total. The normalized spacial score (nSPS) is 13.9. The maximum absolute atomic E-state index is 14.6. The molecule has 2 heterocycles. The number of rotatable bonds is 7. The number of anilines is 1. The Kier molecular flexibility index (Phi) is 7.00. The third-order valence-electron chi connectivity index (χ3n) is 5.29. The molecule has 0 atom stereocenters. The van der Waals surface area contributed by atoms with Crippen LogP contribution < -0.4 is 4.90 Å². The Morgan fingerprint density at radius 2 is 1.76 bits per heavy atom. The van der Waals surface area contributed by atoms with Crippen LogP contribution in [-0.4, -0.2) is 44.7 Å². The summed E-state index contributed by atoms with van der Waals surface area (Å²) in [6, 6.07) is 14.9. The fourth-order valence-corrected chi connectivity index (χ4v) is 3.56. The molecule has 1 saturated heterocycles. The summed E-state index contributed by atoms with van der Waals surface area (Å²) >= 11 is 0. The average Bonchev–Trinajstić information content (AvgIpc) is 3.32. The van der Waals surface area contributed by atoms with Crippen LogP contribution in [-0.2, 0) is 9.47 Å². The third kappa shape index (κ3) is 5.38. The molecule has 1 fully saturated rings. The van der Waals surface area contributed by atoms with Crippen LogP contribution in [0.3, 0.4) is 0 Å². The van der Waals surface area contributed by atoms with Crippen molar-refractivity contribution in [2.45, 2.75) is 6.92 Å². The lowest BCUT2D eigenvalue weighted by Gasteiger charge is -2.29. The second-order valence-electron chi connectivity index (χ2n) is 7.46. The molecule has 0 spiro atoms. The number of nitrogens with zero attached hydrogens (tertiary/aromatic N) is 1. The van der Waals surface area contributed by atoms with Gasteiger partial charge in [0, 0.05) is 24.2 Å². The maximum Gasteiger partial charge on any atom is 0.338 e. The summed E-state index contributed by atoms with van der Waals surface area (Å²) in [5.41, 5.74) is 1.99. The summed E-state index contributed by atoms with van der Waals surface area (Å²) in [5, 5.41) is 0. The first-order valence-corrected chi connectivity index (χ1v) is 10.8. The number of furan rings is 1. The smallest absolute Gasteiger partial charge is 0.338 e. The Morgan fingerprint density at radius 3 is 2.45 bits per heavy atom. The van der Waals surface area contributed by atoms with Crippen molar-refractivity contribution in [2.24, 2.45) is 0 Å². The zero-order valence-corrected chi connectivity index (χ0v) is 18.3. The minimum atomic E-state index is -0.428. The quantitative estimate of drug-likeness (QED) is 0.287. The Labute approximate surface area is 191 Å². The number of carbonyl (C=O) groups is 2. The molecule has 0 N–H and O–H groups in total. The van der Waals surface area contributed by atoms with Gasteiger partial charge in [0.05, 0.1) is 31.1 Å².